The molecule has 3 N–H and O–H groups in total. The van der Waals surface area contributed by atoms with Crippen LogP contribution in [0.25, 0.3) is 0 Å². The molecule has 0 aromatic heterocycles. The van der Waals surface area contributed by atoms with Gasteiger partial charge in [-0.15, -0.1) is 0 Å². The number of rotatable bonds is 9. The van der Waals surface area contributed by atoms with Crippen molar-refractivity contribution in [3.8, 4) is 17.2 Å². The summed E-state index contributed by atoms with van der Waals surface area (Å²) in [4.78, 5) is 2.42. The molecular formula is C30H38N2O3. The minimum absolute atomic E-state index is 0.354. The summed E-state index contributed by atoms with van der Waals surface area (Å²) in [5.41, 5.74) is 12.1. The molecule has 0 saturated carbocycles. The average Bonchev–Trinajstić information content (AvgIpc) is 2.85. The quantitative estimate of drug-likeness (QED) is 0.409. The van der Waals surface area contributed by atoms with E-state index in [0.717, 1.165) is 43.9 Å². The monoisotopic (exact) mass is 474 g/mol. The molecule has 35 heavy (non-hydrogen) atoms. The normalized spacial score (nSPS) is 15.4. The zero-order chi connectivity index (χ0) is 25.0. The summed E-state index contributed by atoms with van der Waals surface area (Å²) in [6.45, 7) is 8.28. The molecule has 0 aliphatic heterocycles. The fraction of sp³-hybridized carbons (Fsp3) is 0.400. The number of fused-ring (bicyclic) bond motifs is 1. The highest BCUT2D eigenvalue weighted by atomic mass is 16.5. The van der Waals surface area contributed by atoms with Crippen molar-refractivity contribution in [3.63, 3.8) is 0 Å². The lowest BCUT2D eigenvalue weighted by Gasteiger charge is -2.32. The first-order chi connectivity index (χ1) is 16.8. The minimum atomic E-state index is -0.361. The Morgan fingerprint density at radius 1 is 1.00 bits per heavy atom. The number of hydrogen-bond acceptors (Lipinski definition) is 5. The summed E-state index contributed by atoms with van der Waals surface area (Å²) >= 11 is 0. The summed E-state index contributed by atoms with van der Waals surface area (Å²) in [6, 6.07) is 20.6. The van der Waals surface area contributed by atoms with Crippen molar-refractivity contribution in [3.05, 3.63) is 82.9 Å². The van der Waals surface area contributed by atoms with Gasteiger partial charge in [-0.2, -0.15) is 0 Å². The van der Waals surface area contributed by atoms with Crippen molar-refractivity contribution in [2.75, 3.05) is 25.2 Å². The van der Waals surface area contributed by atoms with Crippen molar-refractivity contribution < 1.29 is 14.6 Å². The SMILES string of the molecule is CCN(Cc1ccc(OCC(C)(C)N)cc1)c1cc(OC)ccc1C1CCc2cc(O)ccc2C1. The second-order valence-electron chi connectivity index (χ2n) is 10.3. The van der Waals surface area contributed by atoms with Crippen LogP contribution in [0.3, 0.4) is 0 Å². The Hall–Kier alpha value is -3.18. The molecule has 0 bridgehead atoms. The molecule has 0 heterocycles. The first kappa shape index (κ1) is 24.9. The molecule has 1 aliphatic carbocycles. The predicted octanol–water partition coefficient (Wildman–Crippen LogP) is 5.82. The molecule has 0 amide bonds. The molecule has 3 aromatic rings. The van der Waals surface area contributed by atoms with Gasteiger partial charge in [-0.1, -0.05) is 24.3 Å². The lowest BCUT2D eigenvalue weighted by atomic mass is 9.79. The third-order valence-electron chi connectivity index (χ3n) is 6.73. The molecule has 0 radical (unpaired) electrons. The number of nitrogens with two attached hydrogens (primary N) is 1. The number of nitrogens with zero attached hydrogens (tertiary/aromatic N) is 1. The van der Waals surface area contributed by atoms with Gasteiger partial charge < -0.3 is 25.2 Å². The second-order valence-corrected chi connectivity index (χ2v) is 10.3. The zero-order valence-electron chi connectivity index (χ0n) is 21.4. The van der Waals surface area contributed by atoms with Gasteiger partial charge in [0.1, 0.15) is 23.9 Å². The number of hydrogen-bond donors (Lipinski definition) is 2. The lowest BCUT2D eigenvalue weighted by Crippen LogP contribution is -2.38. The Kier molecular flexibility index (Phi) is 7.56. The van der Waals surface area contributed by atoms with Gasteiger partial charge in [-0.25, -0.2) is 0 Å². The maximum atomic E-state index is 9.87. The number of aromatic hydroxyl groups is 1. The Morgan fingerprint density at radius 2 is 1.74 bits per heavy atom. The number of phenolic OH excluding ortho intramolecular Hbond substituents is 1. The molecule has 1 unspecified atom stereocenters. The summed E-state index contributed by atoms with van der Waals surface area (Å²) in [7, 11) is 1.72. The predicted molar refractivity (Wildman–Crippen MR) is 143 cm³/mol. The molecule has 0 spiro atoms. The molecule has 1 aliphatic rings. The van der Waals surface area contributed by atoms with Crippen molar-refractivity contribution in [2.45, 2.75) is 58.0 Å². The van der Waals surface area contributed by atoms with Crippen LogP contribution < -0.4 is 20.1 Å². The zero-order valence-corrected chi connectivity index (χ0v) is 21.4. The van der Waals surface area contributed by atoms with E-state index in [2.05, 4.69) is 48.2 Å². The Labute approximate surface area is 209 Å². The highest BCUT2D eigenvalue weighted by Gasteiger charge is 2.24. The van der Waals surface area contributed by atoms with E-state index in [-0.39, 0.29) is 5.54 Å². The largest absolute Gasteiger partial charge is 0.508 e. The highest BCUT2D eigenvalue weighted by Crippen LogP contribution is 2.40. The third-order valence-corrected chi connectivity index (χ3v) is 6.73. The van der Waals surface area contributed by atoms with Crippen molar-refractivity contribution in [1.29, 1.82) is 0 Å². The van der Waals surface area contributed by atoms with Crippen LogP contribution in [-0.4, -0.2) is 30.9 Å². The van der Waals surface area contributed by atoms with Gasteiger partial charge in [0.2, 0.25) is 0 Å². The number of phenols is 1. The van der Waals surface area contributed by atoms with E-state index in [1.54, 1.807) is 13.2 Å². The van der Waals surface area contributed by atoms with Crippen LogP contribution in [0.4, 0.5) is 5.69 Å². The number of methoxy groups -OCH3 is 1. The standard InChI is InChI=1S/C30H38N2O3/c1-5-32(19-21-6-12-26(13-7-21)35-20-30(2,3)31)29-18-27(34-4)14-15-28(29)24-9-8-23-17-25(33)11-10-22(23)16-24/h6-7,10-15,17-18,24,33H,5,8-9,16,19-20,31H2,1-4H3. The van der Waals surface area contributed by atoms with E-state index >= 15 is 0 Å². The number of anilines is 1. The van der Waals surface area contributed by atoms with E-state index in [1.165, 1.54) is 27.9 Å². The minimum Gasteiger partial charge on any atom is -0.508 e. The topological polar surface area (TPSA) is 68.0 Å². The maximum Gasteiger partial charge on any atom is 0.120 e. The summed E-state index contributed by atoms with van der Waals surface area (Å²) < 4.78 is 11.4. The van der Waals surface area contributed by atoms with E-state index in [0.29, 0.717) is 18.3 Å². The van der Waals surface area contributed by atoms with E-state index in [4.69, 9.17) is 15.2 Å². The first-order valence-corrected chi connectivity index (χ1v) is 12.5. The van der Waals surface area contributed by atoms with Crippen LogP contribution in [0.2, 0.25) is 0 Å². The summed E-state index contributed by atoms with van der Waals surface area (Å²) in [5, 5.41) is 9.87. The molecule has 186 valence electrons. The number of aryl methyl sites for hydroxylation is 1. The van der Waals surface area contributed by atoms with Crippen LogP contribution in [0.5, 0.6) is 17.2 Å². The Balaban J connectivity index is 1.56. The van der Waals surface area contributed by atoms with Gasteiger partial charge in [-0.05, 0) is 98.5 Å². The third kappa shape index (κ3) is 6.29. The smallest absolute Gasteiger partial charge is 0.120 e. The van der Waals surface area contributed by atoms with Crippen LogP contribution >= 0.6 is 0 Å². The number of benzene rings is 3. The van der Waals surface area contributed by atoms with E-state index < -0.39 is 0 Å². The fourth-order valence-corrected chi connectivity index (χ4v) is 4.82. The van der Waals surface area contributed by atoms with Crippen molar-refractivity contribution in [1.82, 2.24) is 0 Å². The Morgan fingerprint density at radius 3 is 2.43 bits per heavy atom. The van der Waals surface area contributed by atoms with Crippen LogP contribution in [0.15, 0.2) is 60.7 Å². The molecule has 0 fully saturated rings. The molecule has 4 rings (SSSR count). The Bertz CT molecular complexity index is 1140. The molecule has 1 atom stereocenters. The van der Waals surface area contributed by atoms with Crippen molar-refractivity contribution >= 4 is 5.69 Å². The van der Waals surface area contributed by atoms with Gasteiger partial charge in [0.15, 0.2) is 0 Å². The van der Waals surface area contributed by atoms with Gasteiger partial charge >= 0.3 is 0 Å². The second kappa shape index (κ2) is 10.6. The van der Waals surface area contributed by atoms with E-state index in [9.17, 15) is 5.11 Å². The molecule has 3 aromatic carbocycles. The average molecular weight is 475 g/mol. The molecule has 5 heteroatoms. The summed E-state index contributed by atoms with van der Waals surface area (Å²) in [6.07, 6.45) is 3.03. The number of ether oxygens (including phenoxy) is 2. The first-order valence-electron chi connectivity index (χ1n) is 12.5. The van der Waals surface area contributed by atoms with E-state index in [1.807, 2.05) is 32.0 Å². The van der Waals surface area contributed by atoms with Gasteiger partial charge in [0.05, 0.1) is 7.11 Å². The molecular weight excluding hydrogens is 436 g/mol. The van der Waals surface area contributed by atoms with Crippen LogP contribution in [0, 0.1) is 0 Å². The lowest BCUT2D eigenvalue weighted by molar-refractivity contribution is 0.243. The fourth-order valence-electron chi connectivity index (χ4n) is 4.82. The van der Waals surface area contributed by atoms with Gasteiger partial charge in [0, 0.05) is 30.4 Å². The van der Waals surface area contributed by atoms with Gasteiger partial charge in [0.25, 0.3) is 0 Å². The maximum absolute atomic E-state index is 9.87. The highest BCUT2D eigenvalue weighted by molar-refractivity contribution is 5.60. The van der Waals surface area contributed by atoms with Gasteiger partial charge in [-0.3, -0.25) is 0 Å². The van der Waals surface area contributed by atoms with Crippen molar-refractivity contribution in [2.24, 2.45) is 5.73 Å². The summed E-state index contributed by atoms with van der Waals surface area (Å²) in [5.74, 6) is 2.49. The molecule has 0 saturated heterocycles. The molecule has 5 nitrogen and oxygen atoms in total. The van der Waals surface area contributed by atoms with Crippen LogP contribution in [-0.2, 0) is 19.4 Å². The van der Waals surface area contributed by atoms with Crippen LogP contribution in [0.1, 0.15) is 55.4 Å².